The average Bonchev–Trinajstić information content (AvgIpc) is 3.19. The molecule has 118 valence electrons. The van der Waals surface area contributed by atoms with Crippen LogP contribution in [0.2, 0.25) is 5.02 Å². The number of halogens is 1. The van der Waals surface area contributed by atoms with Gasteiger partial charge in [0.1, 0.15) is 0 Å². The van der Waals surface area contributed by atoms with E-state index < -0.39 is 0 Å². The van der Waals surface area contributed by atoms with Crippen molar-refractivity contribution in [3.8, 4) is 0 Å². The fourth-order valence-electron chi connectivity index (χ4n) is 3.43. The molecule has 2 aromatic rings. The van der Waals surface area contributed by atoms with Crippen molar-refractivity contribution in [2.45, 2.75) is 31.1 Å². The van der Waals surface area contributed by atoms with Crippen molar-refractivity contribution < 1.29 is 9.53 Å². The Morgan fingerprint density at radius 3 is 2.48 bits per heavy atom. The van der Waals surface area contributed by atoms with Gasteiger partial charge in [0.15, 0.2) is 5.78 Å². The van der Waals surface area contributed by atoms with Crippen molar-refractivity contribution in [1.29, 1.82) is 0 Å². The van der Waals surface area contributed by atoms with Gasteiger partial charge in [-0.15, -0.1) is 0 Å². The van der Waals surface area contributed by atoms with Gasteiger partial charge < -0.3 is 10.1 Å². The zero-order valence-electron chi connectivity index (χ0n) is 12.7. The molecule has 0 saturated carbocycles. The maximum absolute atomic E-state index is 12.3. The molecule has 0 radical (unpaired) electrons. The topological polar surface area (TPSA) is 38.3 Å². The van der Waals surface area contributed by atoms with Crippen LogP contribution in [0.4, 0.5) is 0 Å². The number of carbonyl (C=O) groups excluding carboxylic acids is 1. The molecule has 0 aromatic heterocycles. The van der Waals surface area contributed by atoms with Crippen molar-refractivity contribution in [3.05, 3.63) is 70.2 Å². The van der Waals surface area contributed by atoms with Crippen LogP contribution in [0, 0.1) is 0 Å². The molecule has 2 aliphatic rings. The first kappa shape index (κ1) is 14.9. The van der Waals surface area contributed by atoms with E-state index in [2.05, 4.69) is 17.4 Å². The molecular formula is C19H18ClNO2. The fraction of sp³-hybridized carbons (Fsp3) is 0.316. The summed E-state index contributed by atoms with van der Waals surface area (Å²) in [6.07, 6.45) is 2.00. The maximum Gasteiger partial charge on any atom is 0.167 e. The van der Waals surface area contributed by atoms with E-state index in [4.69, 9.17) is 16.3 Å². The standard InChI is InChI=1S/C19H18ClNO2/c20-15-7-5-13(6-8-15)18(22)9-12-1-3-14(4-2-12)19-17-10-16(23-19)11-21-17/h1-8,16-17,19,21H,9-11H2/t16-,17-,19+/m0/s1. The molecule has 0 unspecified atom stereocenters. The van der Waals surface area contributed by atoms with Gasteiger partial charge in [-0.1, -0.05) is 35.9 Å². The summed E-state index contributed by atoms with van der Waals surface area (Å²) in [5, 5.41) is 4.13. The van der Waals surface area contributed by atoms with Gasteiger partial charge >= 0.3 is 0 Å². The minimum Gasteiger partial charge on any atom is -0.367 e. The number of hydrogen-bond donors (Lipinski definition) is 1. The van der Waals surface area contributed by atoms with Gasteiger partial charge in [-0.25, -0.2) is 0 Å². The van der Waals surface area contributed by atoms with Crippen LogP contribution in [0.25, 0.3) is 0 Å². The van der Waals surface area contributed by atoms with Crippen LogP contribution >= 0.6 is 11.6 Å². The molecule has 2 aromatic carbocycles. The van der Waals surface area contributed by atoms with E-state index in [9.17, 15) is 4.79 Å². The van der Waals surface area contributed by atoms with Crippen molar-refractivity contribution in [1.82, 2.24) is 5.32 Å². The quantitative estimate of drug-likeness (QED) is 0.872. The molecule has 4 heteroatoms. The highest BCUT2D eigenvalue weighted by Gasteiger charge is 2.41. The van der Waals surface area contributed by atoms with Crippen LogP contribution in [0.1, 0.15) is 34.0 Å². The summed E-state index contributed by atoms with van der Waals surface area (Å²) in [5.41, 5.74) is 2.90. The van der Waals surface area contributed by atoms with Gasteiger partial charge in [0.25, 0.3) is 0 Å². The summed E-state index contributed by atoms with van der Waals surface area (Å²) in [6, 6.07) is 15.7. The van der Waals surface area contributed by atoms with E-state index in [0.29, 0.717) is 29.2 Å². The molecule has 3 nitrogen and oxygen atoms in total. The monoisotopic (exact) mass is 327 g/mol. The second-order valence-electron chi connectivity index (χ2n) is 6.28. The second kappa shape index (κ2) is 6.08. The largest absolute Gasteiger partial charge is 0.367 e. The number of ketones is 1. The van der Waals surface area contributed by atoms with Crippen LogP contribution in [0.3, 0.4) is 0 Å². The summed E-state index contributed by atoms with van der Waals surface area (Å²) in [5.74, 6) is 0.104. The Bertz CT molecular complexity index is 711. The van der Waals surface area contributed by atoms with Crippen LogP contribution in [-0.4, -0.2) is 24.5 Å². The van der Waals surface area contributed by atoms with Gasteiger partial charge in [0, 0.05) is 29.6 Å². The van der Waals surface area contributed by atoms with Crippen molar-refractivity contribution in [3.63, 3.8) is 0 Å². The molecule has 0 amide bonds. The minimum absolute atomic E-state index is 0.104. The minimum atomic E-state index is 0.104. The molecule has 0 spiro atoms. The van der Waals surface area contributed by atoms with Crippen LogP contribution in [-0.2, 0) is 11.2 Å². The summed E-state index contributed by atoms with van der Waals surface area (Å²) in [4.78, 5) is 12.3. The molecule has 4 rings (SSSR count). The number of fused-ring (bicyclic) bond motifs is 2. The van der Waals surface area contributed by atoms with Gasteiger partial charge in [-0.2, -0.15) is 0 Å². The van der Waals surface area contributed by atoms with E-state index in [-0.39, 0.29) is 11.9 Å². The van der Waals surface area contributed by atoms with Gasteiger partial charge in [-0.3, -0.25) is 4.79 Å². The zero-order chi connectivity index (χ0) is 15.8. The number of benzene rings is 2. The number of ether oxygens (including phenoxy) is 1. The summed E-state index contributed by atoms with van der Waals surface area (Å²) in [7, 11) is 0. The number of carbonyl (C=O) groups is 1. The summed E-state index contributed by atoms with van der Waals surface area (Å²) >= 11 is 5.85. The highest BCUT2D eigenvalue weighted by Crippen LogP contribution is 2.36. The van der Waals surface area contributed by atoms with E-state index in [1.165, 1.54) is 5.56 Å². The first-order valence-corrected chi connectivity index (χ1v) is 8.33. The molecule has 2 bridgehead atoms. The van der Waals surface area contributed by atoms with Crippen molar-refractivity contribution in [2.75, 3.05) is 6.54 Å². The summed E-state index contributed by atoms with van der Waals surface area (Å²) in [6.45, 7) is 0.967. The first-order chi connectivity index (χ1) is 11.2. The zero-order valence-corrected chi connectivity index (χ0v) is 13.4. The van der Waals surface area contributed by atoms with Gasteiger partial charge in [-0.05, 0) is 41.8 Å². The SMILES string of the molecule is O=C(Cc1ccc([C@H]2O[C@@H]3CN[C@H]2C3)cc1)c1ccc(Cl)cc1. The molecule has 0 aliphatic carbocycles. The Kier molecular flexibility index (Phi) is 3.93. The Morgan fingerprint density at radius 2 is 1.87 bits per heavy atom. The van der Waals surface area contributed by atoms with Crippen LogP contribution in [0.15, 0.2) is 48.5 Å². The predicted molar refractivity (Wildman–Crippen MR) is 90.0 cm³/mol. The molecule has 2 aliphatic heterocycles. The number of hydrogen-bond acceptors (Lipinski definition) is 3. The first-order valence-electron chi connectivity index (χ1n) is 7.95. The van der Waals surface area contributed by atoms with Gasteiger partial charge in [0.05, 0.1) is 12.2 Å². The molecule has 2 heterocycles. The Morgan fingerprint density at radius 1 is 1.13 bits per heavy atom. The molecule has 2 saturated heterocycles. The van der Waals surface area contributed by atoms with Crippen LogP contribution in [0.5, 0.6) is 0 Å². The normalized spacial score (nSPS) is 25.7. The van der Waals surface area contributed by atoms with Gasteiger partial charge in [0.2, 0.25) is 0 Å². The smallest absolute Gasteiger partial charge is 0.167 e. The highest BCUT2D eigenvalue weighted by atomic mass is 35.5. The van der Waals surface area contributed by atoms with E-state index in [1.807, 2.05) is 12.1 Å². The summed E-state index contributed by atoms with van der Waals surface area (Å²) < 4.78 is 6.01. The third-order valence-corrected chi connectivity index (χ3v) is 4.92. The molecular weight excluding hydrogens is 310 g/mol. The number of Topliss-reactive ketones (excluding diaryl/α,β-unsaturated/α-hetero) is 1. The molecule has 23 heavy (non-hydrogen) atoms. The maximum atomic E-state index is 12.3. The highest BCUT2D eigenvalue weighted by molar-refractivity contribution is 6.30. The average molecular weight is 328 g/mol. The van der Waals surface area contributed by atoms with E-state index >= 15 is 0 Å². The van der Waals surface area contributed by atoms with E-state index in [1.54, 1.807) is 24.3 Å². The lowest BCUT2D eigenvalue weighted by Crippen LogP contribution is -2.33. The second-order valence-corrected chi connectivity index (χ2v) is 6.71. The fourth-order valence-corrected chi connectivity index (χ4v) is 3.55. The number of rotatable bonds is 4. The van der Waals surface area contributed by atoms with Crippen molar-refractivity contribution >= 4 is 17.4 Å². The van der Waals surface area contributed by atoms with Crippen molar-refractivity contribution in [2.24, 2.45) is 0 Å². The molecule has 3 atom stereocenters. The Balaban J connectivity index is 1.44. The molecule has 1 N–H and O–H groups in total. The third-order valence-electron chi connectivity index (χ3n) is 4.67. The van der Waals surface area contributed by atoms with E-state index in [0.717, 1.165) is 18.5 Å². The Labute approximate surface area is 140 Å². The third kappa shape index (κ3) is 3.05. The lowest BCUT2D eigenvalue weighted by Gasteiger charge is -2.23. The number of nitrogens with one attached hydrogen (secondary N) is 1. The lowest BCUT2D eigenvalue weighted by atomic mass is 9.98. The lowest BCUT2D eigenvalue weighted by molar-refractivity contribution is 0.0160. The van der Waals surface area contributed by atoms with Crippen LogP contribution < -0.4 is 5.32 Å². The molecule has 2 fully saturated rings. The Hall–Kier alpha value is -1.68. The number of morpholine rings is 1. The predicted octanol–water partition coefficient (Wildman–Crippen LogP) is 3.57.